The van der Waals surface area contributed by atoms with Gasteiger partial charge in [0.1, 0.15) is 0 Å². The Balaban J connectivity index is 2.72. The van der Waals surface area contributed by atoms with Crippen molar-refractivity contribution in [2.45, 2.75) is 33.7 Å². The normalized spacial score (nSPS) is 14.9. The van der Waals surface area contributed by atoms with Crippen molar-refractivity contribution in [3.63, 3.8) is 0 Å². The van der Waals surface area contributed by atoms with Crippen LogP contribution in [0.25, 0.3) is 0 Å². The van der Waals surface area contributed by atoms with E-state index in [-0.39, 0.29) is 6.04 Å². The predicted molar refractivity (Wildman–Crippen MR) is 75.6 cm³/mol. The van der Waals surface area contributed by atoms with Gasteiger partial charge in [-0.1, -0.05) is 37.6 Å². The highest BCUT2D eigenvalue weighted by atomic mass is 32.2. The molecule has 0 radical (unpaired) electrons. The molecule has 2 N–H and O–H groups in total. The van der Waals surface area contributed by atoms with Gasteiger partial charge in [-0.3, -0.25) is 4.21 Å². The van der Waals surface area contributed by atoms with E-state index in [9.17, 15) is 4.21 Å². The summed E-state index contributed by atoms with van der Waals surface area (Å²) in [5, 5.41) is 0. The van der Waals surface area contributed by atoms with Gasteiger partial charge in [0.25, 0.3) is 0 Å². The molecule has 0 bridgehead atoms. The van der Waals surface area contributed by atoms with Gasteiger partial charge in [0.15, 0.2) is 0 Å². The molecule has 0 amide bonds. The Bertz CT molecular complexity index is 401. The molecule has 1 aromatic rings. The van der Waals surface area contributed by atoms with Gasteiger partial charge < -0.3 is 5.73 Å². The van der Waals surface area contributed by atoms with Gasteiger partial charge in [-0.15, -0.1) is 0 Å². The maximum atomic E-state index is 11.9. The maximum Gasteiger partial charge on any atom is 0.0428 e. The largest absolute Gasteiger partial charge is 0.323 e. The first-order chi connectivity index (χ1) is 7.90. The summed E-state index contributed by atoms with van der Waals surface area (Å²) in [5.41, 5.74) is 9.66. The molecule has 0 saturated heterocycles. The van der Waals surface area contributed by atoms with Crippen molar-refractivity contribution in [1.82, 2.24) is 0 Å². The van der Waals surface area contributed by atoms with Crippen LogP contribution in [0.1, 0.15) is 36.6 Å². The minimum Gasteiger partial charge on any atom is -0.323 e. The number of benzene rings is 1. The van der Waals surface area contributed by atoms with E-state index in [1.807, 2.05) is 0 Å². The van der Waals surface area contributed by atoms with E-state index in [2.05, 4.69) is 45.9 Å². The van der Waals surface area contributed by atoms with E-state index < -0.39 is 10.8 Å². The summed E-state index contributed by atoms with van der Waals surface area (Å²) in [6.45, 7) is 8.28. The van der Waals surface area contributed by atoms with Crippen molar-refractivity contribution in [2.24, 2.45) is 11.7 Å². The van der Waals surface area contributed by atoms with E-state index in [0.717, 1.165) is 11.3 Å². The fourth-order valence-corrected chi connectivity index (χ4v) is 3.35. The highest BCUT2D eigenvalue weighted by Gasteiger charge is 2.13. The second-order valence-corrected chi connectivity index (χ2v) is 6.68. The summed E-state index contributed by atoms with van der Waals surface area (Å²) in [7, 11) is -0.821. The van der Waals surface area contributed by atoms with Gasteiger partial charge in [-0.25, -0.2) is 0 Å². The lowest BCUT2D eigenvalue weighted by Gasteiger charge is -2.16. The van der Waals surface area contributed by atoms with Gasteiger partial charge in [-0.05, 0) is 30.9 Å². The lowest BCUT2D eigenvalue weighted by atomic mass is 10.0. The second-order valence-electron chi connectivity index (χ2n) is 5.13. The summed E-state index contributed by atoms with van der Waals surface area (Å²) >= 11 is 0. The Labute approximate surface area is 107 Å². The van der Waals surface area contributed by atoms with Gasteiger partial charge in [0, 0.05) is 28.3 Å². The van der Waals surface area contributed by atoms with Crippen LogP contribution in [0.3, 0.4) is 0 Å². The Morgan fingerprint density at radius 2 is 1.88 bits per heavy atom. The maximum absolute atomic E-state index is 11.9. The molecule has 3 heteroatoms. The monoisotopic (exact) mass is 253 g/mol. The topological polar surface area (TPSA) is 43.1 Å². The molecule has 0 saturated carbocycles. The molecule has 0 aliphatic carbocycles. The second kappa shape index (κ2) is 6.31. The molecule has 0 aromatic heterocycles. The molecule has 17 heavy (non-hydrogen) atoms. The Morgan fingerprint density at radius 3 is 2.47 bits per heavy atom. The minimum absolute atomic E-state index is 0.116. The van der Waals surface area contributed by atoms with Gasteiger partial charge in [0.2, 0.25) is 0 Å². The Hall–Kier alpha value is -0.670. The lowest BCUT2D eigenvalue weighted by Crippen LogP contribution is -2.22. The van der Waals surface area contributed by atoms with E-state index in [1.165, 1.54) is 11.1 Å². The average Bonchev–Trinajstić information content (AvgIpc) is 2.20. The zero-order chi connectivity index (χ0) is 13.0. The molecular formula is C14H23NOS. The third kappa shape index (κ3) is 4.60. The lowest BCUT2D eigenvalue weighted by molar-refractivity contribution is 0.657. The standard InChI is InChI=1S/C14H23NOS/c1-10(2)8-17(16)9-14(15)13-7-11(3)5-6-12(13)4/h5-7,10,14H,8-9,15H2,1-4H3. The van der Waals surface area contributed by atoms with Gasteiger partial charge >= 0.3 is 0 Å². The van der Waals surface area contributed by atoms with Crippen molar-refractivity contribution >= 4 is 10.8 Å². The van der Waals surface area contributed by atoms with Crippen LogP contribution in [-0.4, -0.2) is 15.7 Å². The Kier molecular flexibility index (Phi) is 5.34. The SMILES string of the molecule is Cc1ccc(C)c(C(N)CS(=O)CC(C)C)c1. The highest BCUT2D eigenvalue weighted by Crippen LogP contribution is 2.18. The first-order valence-electron chi connectivity index (χ1n) is 6.08. The molecule has 0 spiro atoms. The number of hydrogen-bond donors (Lipinski definition) is 1. The van der Waals surface area contributed by atoms with Crippen molar-refractivity contribution in [1.29, 1.82) is 0 Å². The highest BCUT2D eigenvalue weighted by molar-refractivity contribution is 7.85. The molecular weight excluding hydrogens is 230 g/mol. The summed E-state index contributed by atoms with van der Waals surface area (Å²) in [6.07, 6.45) is 0. The van der Waals surface area contributed by atoms with Crippen LogP contribution in [0.4, 0.5) is 0 Å². The molecule has 2 atom stereocenters. The van der Waals surface area contributed by atoms with Crippen LogP contribution in [-0.2, 0) is 10.8 Å². The van der Waals surface area contributed by atoms with Crippen molar-refractivity contribution < 1.29 is 4.21 Å². The molecule has 0 fully saturated rings. The average molecular weight is 253 g/mol. The van der Waals surface area contributed by atoms with E-state index in [0.29, 0.717) is 11.7 Å². The third-order valence-electron chi connectivity index (χ3n) is 2.72. The van der Waals surface area contributed by atoms with Crippen molar-refractivity contribution in [3.8, 4) is 0 Å². The predicted octanol–water partition coefficient (Wildman–Crippen LogP) is 2.71. The number of nitrogens with two attached hydrogens (primary N) is 1. The molecule has 1 aromatic carbocycles. The quantitative estimate of drug-likeness (QED) is 0.876. The number of rotatable bonds is 5. The van der Waals surface area contributed by atoms with Crippen LogP contribution in [0.2, 0.25) is 0 Å². The molecule has 0 heterocycles. The Morgan fingerprint density at radius 1 is 1.24 bits per heavy atom. The fraction of sp³-hybridized carbons (Fsp3) is 0.571. The van der Waals surface area contributed by atoms with Crippen LogP contribution in [0.15, 0.2) is 18.2 Å². The summed E-state index contributed by atoms with van der Waals surface area (Å²) in [6, 6.07) is 6.15. The first kappa shape index (κ1) is 14.4. The van der Waals surface area contributed by atoms with E-state index in [4.69, 9.17) is 5.73 Å². The van der Waals surface area contributed by atoms with Crippen LogP contribution >= 0.6 is 0 Å². The van der Waals surface area contributed by atoms with Crippen molar-refractivity contribution in [2.75, 3.05) is 11.5 Å². The summed E-state index contributed by atoms with van der Waals surface area (Å²) < 4.78 is 11.9. The molecule has 2 nitrogen and oxygen atoms in total. The fourth-order valence-electron chi connectivity index (χ4n) is 1.89. The van der Waals surface area contributed by atoms with E-state index >= 15 is 0 Å². The van der Waals surface area contributed by atoms with E-state index in [1.54, 1.807) is 0 Å². The summed E-state index contributed by atoms with van der Waals surface area (Å²) in [5.74, 6) is 1.75. The third-order valence-corrected chi connectivity index (χ3v) is 4.49. The van der Waals surface area contributed by atoms with Crippen molar-refractivity contribution in [3.05, 3.63) is 34.9 Å². The van der Waals surface area contributed by atoms with Gasteiger partial charge in [-0.2, -0.15) is 0 Å². The molecule has 2 unspecified atom stereocenters. The minimum atomic E-state index is -0.821. The summed E-state index contributed by atoms with van der Waals surface area (Å²) in [4.78, 5) is 0. The smallest absolute Gasteiger partial charge is 0.0428 e. The first-order valence-corrected chi connectivity index (χ1v) is 7.56. The molecule has 1 rings (SSSR count). The zero-order valence-corrected chi connectivity index (χ0v) is 12.0. The van der Waals surface area contributed by atoms with Crippen LogP contribution in [0.5, 0.6) is 0 Å². The van der Waals surface area contributed by atoms with Gasteiger partial charge in [0.05, 0.1) is 0 Å². The zero-order valence-electron chi connectivity index (χ0n) is 11.2. The molecule has 0 aliphatic rings. The number of aryl methyl sites for hydroxylation is 2. The molecule has 0 aliphatic heterocycles. The van der Waals surface area contributed by atoms with Crippen LogP contribution in [0, 0.1) is 19.8 Å². The number of hydrogen-bond acceptors (Lipinski definition) is 2. The molecule has 96 valence electrons. The van der Waals surface area contributed by atoms with Crippen LogP contribution < -0.4 is 5.73 Å².